The first-order valence-electron chi connectivity index (χ1n) is 10.2. The average molecular weight is 427 g/mol. The molecule has 0 aromatic heterocycles. The van der Waals surface area contributed by atoms with Crippen molar-refractivity contribution >= 4 is 17.7 Å². The van der Waals surface area contributed by atoms with Gasteiger partial charge in [-0.05, 0) is 43.2 Å². The average Bonchev–Trinajstić information content (AvgIpc) is 3.60. The fourth-order valence-electron chi connectivity index (χ4n) is 3.18. The van der Waals surface area contributed by atoms with E-state index in [1.54, 1.807) is 18.2 Å². The van der Waals surface area contributed by atoms with Crippen molar-refractivity contribution in [2.45, 2.75) is 37.8 Å². The number of ether oxygens (including phenoxy) is 3. The predicted octanol–water partition coefficient (Wildman–Crippen LogP) is 3.12. The molecule has 1 saturated carbocycles. The van der Waals surface area contributed by atoms with Gasteiger partial charge in [0.25, 0.3) is 5.91 Å². The van der Waals surface area contributed by atoms with Crippen molar-refractivity contribution in [2.24, 2.45) is 0 Å². The molecule has 1 N–H and O–H groups in total. The summed E-state index contributed by atoms with van der Waals surface area (Å²) in [5, 5.41) is 2.79. The van der Waals surface area contributed by atoms with Gasteiger partial charge in [-0.1, -0.05) is 12.1 Å². The molecule has 4 rings (SSSR count). The first kappa shape index (κ1) is 20.8. The maximum Gasteiger partial charge on any atom is 0.307 e. The molecule has 1 aliphatic carbocycles. The van der Waals surface area contributed by atoms with Crippen LogP contribution in [0, 0.1) is 5.82 Å². The van der Waals surface area contributed by atoms with E-state index in [-0.39, 0.29) is 24.7 Å². The number of Topliss-reactive ketones (excluding diaryl/α,β-unsaturated/α-hetero) is 1. The number of benzene rings is 2. The standard InChI is InChI=1S/C23H22FNO6/c24-16-4-1-14(2-5-16)22(23(28)25-17-6-7-17)31-21(27)10-8-18(26)15-3-9-19-20(13-15)30-12-11-29-19/h1-5,9,13,17,22H,6-8,10-12H2,(H,25,28). The number of hydrogen-bond acceptors (Lipinski definition) is 6. The van der Waals surface area contributed by atoms with E-state index in [2.05, 4.69) is 5.32 Å². The third-order valence-electron chi connectivity index (χ3n) is 5.00. The molecule has 162 valence electrons. The lowest BCUT2D eigenvalue weighted by molar-refractivity contribution is -0.156. The van der Waals surface area contributed by atoms with Gasteiger partial charge in [-0.2, -0.15) is 0 Å². The molecule has 1 atom stereocenters. The van der Waals surface area contributed by atoms with Crippen molar-refractivity contribution in [2.75, 3.05) is 13.2 Å². The second-order valence-electron chi connectivity index (χ2n) is 7.49. The molecule has 2 aromatic carbocycles. The molecule has 0 radical (unpaired) electrons. The second kappa shape index (κ2) is 9.16. The van der Waals surface area contributed by atoms with E-state index < -0.39 is 23.8 Å². The van der Waals surface area contributed by atoms with Crippen molar-refractivity contribution < 1.29 is 33.0 Å². The van der Waals surface area contributed by atoms with Crippen molar-refractivity contribution in [3.63, 3.8) is 0 Å². The highest BCUT2D eigenvalue weighted by Gasteiger charge is 2.31. The zero-order chi connectivity index (χ0) is 21.8. The lowest BCUT2D eigenvalue weighted by Crippen LogP contribution is -2.33. The van der Waals surface area contributed by atoms with Gasteiger partial charge in [-0.3, -0.25) is 14.4 Å². The van der Waals surface area contributed by atoms with Gasteiger partial charge in [0.2, 0.25) is 6.10 Å². The summed E-state index contributed by atoms with van der Waals surface area (Å²) in [5.41, 5.74) is 0.768. The first-order chi connectivity index (χ1) is 15.0. The normalized spacial score (nSPS) is 15.6. The minimum atomic E-state index is -1.20. The molecule has 2 aliphatic rings. The zero-order valence-electron chi connectivity index (χ0n) is 16.8. The van der Waals surface area contributed by atoms with Crippen LogP contribution < -0.4 is 14.8 Å². The van der Waals surface area contributed by atoms with Gasteiger partial charge in [0, 0.05) is 23.6 Å². The number of nitrogens with one attached hydrogen (secondary N) is 1. The van der Waals surface area contributed by atoms with Gasteiger partial charge in [-0.25, -0.2) is 4.39 Å². The molecule has 31 heavy (non-hydrogen) atoms. The summed E-state index contributed by atoms with van der Waals surface area (Å²) in [6.45, 7) is 0.861. The number of carbonyl (C=O) groups excluding carboxylic acids is 3. The van der Waals surface area contributed by atoms with Crippen LogP contribution in [0.25, 0.3) is 0 Å². The Hall–Kier alpha value is -3.42. The van der Waals surface area contributed by atoms with Crippen LogP contribution in [0.2, 0.25) is 0 Å². The summed E-state index contributed by atoms with van der Waals surface area (Å²) in [6.07, 6.45) is 0.276. The molecule has 1 heterocycles. The number of esters is 1. The summed E-state index contributed by atoms with van der Waals surface area (Å²) in [6, 6.07) is 10.1. The molecular formula is C23H22FNO6. The summed E-state index contributed by atoms with van der Waals surface area (Å²) < 4.78 is 29.5. The number of halogens is 1. The lowest BCUT2D eigenvalue weighted by Gasteiger charge is -2.19. The summed E-state index contributed by atoms with van der Waals surface area (Å²) in [7, 11) is 0. The molecule has 1 amide bonds. The molecule has 2 aromatic rings. The highest BCUT2D eigenvalue weighted by Crippen LogP contribution is 2.31. The van der Waals surface area contributed by atoms with Crippen LogP contribution in [0.5, 0.6) is 11.5 Å². The highest BCUT2D eigenvalue weighted by atomic mass is 19.1. The van der Waals surface area contributed by atoms with E-state index in [1.165, 1.54) is 24.3 Å². The Morgan fingerprint density at radius 3 is 2.42 bits per heavy atom. The van der Waals surface area contributed by atoms with Crippen LogP contribution in [0.3, 0.4) is 0 Å². The molecule has 8 heteroatoms. The largest absolute Gasteiger partial charge is 0.486 e. The van der Waals surface area contributed by atoms with Gasteiger partial charge in [-0.15, -0.1) is 0 Å². The number of amides is 1. The van der Waals surface area contributed by atoms with Crippen molar-refractivity contribution in [3.8, 4) is 11.5 Å². The van der Waals surface area contributed by atoms with Gasteiger partial charge in [0.15, 0.2) is 17.3 Å². The Morgan fingerprint density at radius 2 is 1.71 bits per heavy atom. The van der Waals surface area contributed by atoms with E-state index in [9.17, 15) is 18.8 Å². The van der Waals surface area contributed by atoms with Gasteiger partial charge in [0.05, 0.1) is 6.42 Å². The van der Waals surface area contributed by atoms with Gasteiger partial charge < -0.3 is 19.5 Å². The Bertz CT molecular complexity index is 986. The molecule has 0 spiro atoms. The molecule has 0 bridgehead atoms. The number of hydrogen-bond donors (Lipinski definition) is 1. The smallest absolute Gasteiger partial charge is 0.307 e. The van der Waals surface area contributed by atoms with Crippen LogP contribution in [0.15, 0.2) is 42.5 Å². The molecule has 7 nitrogen and oxygen atoms in total. The Kier molecular flexibility index (Phi) is 6.16. The number of ketones is 1. The summed E-state index contributed by atoms with van der Waals surface area (Å²) in [5.74, 6) is -0.790. The minimum absolute atomic E-state index is 0.0749. The third-order valence-corrected chi connectivity index (χ3v) is 5.00. The van der Waals surface area contributed by atoms with E-state index >= 15 is 0 Å². The SMILES string of the molecule is O=C(CCC(=O)c1ccc2c(c1)OCCO2)OC(C(=O)NC1CC1)c1ccc(F)cc1. The van der Waals surface area contributed by atoms with E-state index in [4.69, 9.17) is 14.2 Å². The molecule has 0 saturated heterocycles. The first-order valence-corrected chi connectivity index (χ1v) is 10.2. The highest BCUT2D eigenvalue weighted by molar-refractivity contribution is 5.98. The van der Waals surface area contributed by atoms with Crippen LogP contribution in [-0.2, 0) is 14.3 Å². The molecular weight excluding hydrogens is 405 g/mol. The van der Waals surface area contributed by atoms with Crippen LogP contribution >= 0.6 is 0 Å². The molecule has 1 fully saturated rings. The zero-order valence-corrected chi connectivity index (χ0v) is 16.8. The quantitative estimate of drug-likeness (QED) is 0.514. The third kappa shape index (κ3) is 5.39. The van der Waals surface area contributed by atoms with E-state index in [0.717, 1.165) is 12.8 Å². The van der Waals surface area contributed by atoms with Crippen LogP contribution in [-0.4, -0.2) is 36.9 Å². The Labute approximate surface area is 178 Å². The minimum Gasteiger partial charge on any atom is -0.486 e. The fourth-order valence-corrected chi connectivity index (χ4v) is 3.18. The Morgan fingerprint density at radius 1 is 1.00 bits per heavy atom. The van der Waals surface area contributed by atoms with Gasteiger partial charge in [0.1, 0.15) is 19.0 Å². The Balaban J connectivity index is 1.37. The maximum atomic E-state index is 13.2. The van der Waals surface area contributed by atoms with Crippen molar-refractivity contribution in [1.82, 2.24) is 5.32 Å². The van der Waals surface area contributed by atoms with Gasteiger partial charge >= 0.3 is 5.97 Å². The molecule has 1 aliphatic heterocycles. The number of carbonyl (C=O) groups is 3. The van der Waals surface area contributed by atoms with Crippen LogP contribution in [0.1, 0.15) is 47.7 Å². The second-order valence-corrected chi connectivity index (χ2v) is 7.49. The van der Waals surface area contributed by atoms with E-state index in [0.29, 0.717) is 35.8 Å². The number of rotatable bonds is 8. The predicted molar refractivity (Wildman–Crippen MR) is 107 cm³/mol. The monoisotopic (exact) mass is 427 g/mol. The molecule has 1 unspecified atom stereocenters. The fraction of sp³-hybridized carbons (Fsp3) is 0.348. The summed E-state index contributed by atoms with van der Waals surface area (Å²) >= 11 is 0. The van der Waals surface area contributed by atoms with E-state index in [1.807, 2.05) is 0 Å². The summed E-state index contributed by atoms with van der Waals surface area (Å²) in [4.78, 5) is 37.4. The lowest BCUT2D eigenvalue weighted by atomic mass is 10.1. The van der Waals surface area contributed by atoms with Crippen LogP contribution in [0.4, 0.5) is 4.39 Å². The maximum absolute atomic E-state index is 13.2. The topological polar surface area (TPSA) is 90.9 Å². The van der Waals surface area contributed by atoms with Crippen molar-refractivity contribution in [1.29, 1.82) is 0 Å². The van der Waals surface area contributed by atoms with Crippen molar-refractivity contribution in [3.05, 3.63) is 59.4 Å². The number of fused-ring (bicyclic) bond motifs is 1.